The van der Waals surface area contributed by atoms with Crippen LogP contribution in [0.5, 0.6) is 0 Å². The van der Waals surface area contributed by atoms with Crippen LogP contribution in [0.3, 0.4) is 0 Å². The van der Waals surface area contributed by atoms with Gasteiger partial charge in [0.05, 0.1) is 22.7 Å². The lowest BCUT2D eigenvalue weighted by atomic mass is 10.4. The lowest BCUT2D eigenvalue weighted by molar-refractivity contribution is -0.128. The van der Waals surface area contributed by atoms with Crippen LogP contribution in [0.4, 0.5) is 5.13 Å². The minimum atomic E-state index is 0.0928. The average molecular weight is 325 g/mol. The van der Waals surface area contributed by atoms with Gasteiger partial charge in [0, 0.05) is 11.4 Å². The molecule has 0 saturated heterocycles. The first-order chi connectivity index (χ1) is 9.69. The van der Waals surface area contributed by atoms with Gasteiger partial charge in [0.2, 0.25) is 5.91 Å². The molecule has 106 valence electrons. The van der Waals surface area contributed by atoms with Crippen LogP contribution in [0.25, 0.3) is 0 Å². The first-order valence-corrected chi connectivity index (χ1v) is 8.62. The van der Waals surface area contributed by atoms with Crippen molar-refractivity contribution < 1.29 is 4.79 Å². The molecule has 0 radical (unpaired) electrons. The molecule has 0 atom stereocenters. The fourth-order valence-corrected chi connectivity index (χ4v) is 3.94. The highest BCUT2D eigenvalue weighted by atomic mass is 32.2. The molecule has 0 saturated carbocycles. The largest absolute Gasteiger partial charge is 0.375 e. The van der Waals surface area contributed by atoms with Crippen molar-refractivity contribution in [1.29, 1.82) is 0 Å². The number of amides is 1. The molecular weight excluding hydrogens is 310 g/mol. The third-order valence-corrected chi connectivity index (χ3v) is 5.34. The molecule has 2 heterocycles. The Bertz CT molecular complexity index is 565. The van der Waals surface area contributed by atoms with E-state index >= 15 is 0 Å². The maximum atomic E-state index is 12.3. The third-order valence-electron chi connectivity index (χ3n) is 2.47. The zero-order valence-corrected chi connectivity index (χ0v) is 13.3. The van der Waals surface area contributed by atoms with Crippen LogP contribution >= 0.6 is 34.4 Å². The molecule has 1 amide bonds. The predicted molar refractivity (Wildman–Crippen MR) is 87.2 cm³/mol. The summed E-state index contributed by atoms with van der Waals surface area (Å²) < 4.78 is 0.963. The van der Waals surface area contributed by atoms with Gasteiger partial charge in [0.1, 0.15) is 0 Å². The molecule has 2 aromatic heterocycles. The lowest BCUT2D eigenvalue weighted by Gasteiger charge is -2.20. The van der Waals surface area contributed by atoms with Crippen LogP contribution in [0, 0.1) is 0 Å². The molecule has 7 heteroatoms. The molecule has 0 aliphatic carbocycles. The second-order valence-corrected chi connectivity index (χ2v) is 7.32. The van der Waals surface area contributed by atoms with Gasteiger partial charge in [-0.1, -0.05) is 23.5 Å². The Morgan fingerprint density at radius 3 is 3.05 bits per heavy atom. The van der Waals surface area contributed by atoms with Gasteiger partial charge in [0.15, 0.2) is 5.13 Å². The number of thiazole rings is 1. The van der Waals surface area contributed by atoms with Crippen molar-refractivity contribution in [3.8, 4) is 0 Å². The summed E-state index contributed by atoms with van der Waals surface area (Å²) in [4.78, 5) is 19.2. The van der Waals surface area contributed by atoms with Crippen LogP contribution in [-0.4, -0.2) is 28.1 Å². The number of nitrogens with two attached hydrogens (primary N) is 1. The highest BCUT2D eigenvalue weighted by Crippen LogP contribution is 2.26. The Kier molecular flexibility index (Phi) is 5.63. The van der Waals surface area contributed by atoms with Crippen molar-refractivity contribution in [1.82, 2.24) is 9.88 Å². The molecule has 0 unspecified atom stereocenters. The maximum absolute atomic E-state index is 12.3. The summed E-state index contributed by atoms with van der Waals surface area (Å²) >= 11 is 4.52. The number of thiophene rings is 1. The molecule has 2 aromatic rings. The van der Waals surface area contributed by atoms with Gasteiger partial charge in [-0.05, 0) is 11.4 Å². The quantitative estimate of drug-likeness (QED) is 0.628. The molecule has 4 nitrogen and oxygen atoms in total. The van der Waals surface area contributed by atoms with Crippen LogP contribution < -0.4 is 5.73 Å². The van der Waals surface area contributed by atoms with E-state index in [2.05, 4.69) is 11.6 Å². The second-order valence-electron chi connectivity index (χ2n) is 3.95. The van der Waals surface area contributed by atoms with Crippen molar-refractivity contribution in [2.24, 2.45) is 0 Å². The van der Waals surface area contributed by atoms with E-state index in [4.69, 9.17) is 5.73 Å². The van der Waals surface area contributed by atoms with Gasteiger partial charge in [-0.2, -0.15) is 0 Å². The molecule has 0 bridgehead atoms. The first kappa shape index (κ1) is 15.1. The van der Waals surface area contributed by atoms with Gasteiger partial charge in [0.25, 0.3) is 0 Å². The zero-order valence-electron chi connectivity index (χ0n) is 10.8. The van der Waals surface area contributed by atoms with Crippen molar-refractivity contribution in [3.63, 3.8) is 0 Å². The average Bonchev–Trinajstić information content (AvgIpc) is 3.07. The molecule has 0 aliphatic heterocycles. The number of carbonyl (C=O) groups is 1. The SMILES string of the molecule is C=CCN(Cc1cccs1)C(=O)CSc1cnc(N)s1. The van der Waals surface area contributed by atoms with E-state index in [0.717, 1.165) is 4.21 Å². The fourth-order valence-electron chi connectivity index (χ4n) is 1.56. The molecule has 0 aromatic carbocycles. The van der Waals surface area contributed by atoms with Crippen molar-refractivity contribution >= 4 is 45.5 Å². The normalized spacial score (nSPS) is 10.4. The van der Waals surface area contributed by atoms with E-state index in [1.807, 2.05) is 17.5 Å². The minimum Gasteiger partial charge on any atom is -0.375 e. The fraction of sp³-hybridized carbons (Fsp3) is 0.231. The van der Waals surface area contributed by atoms with Crippen LogP contribution in [0.2, 0.25) is 0 Å². The van der Waals surface area contributed by atoms with E-state index in [9.17, 15) is 4.79 Å². The molecule has 0 aliphatic rings. The van der Waals surface area contributed by atoms with Gasteiger partial charge < -0.3 is 10.6 Å². The second kappa shape index (κ2) is 7.47. The standard InChI is InChI=1S/C13H15N3OS3/c1-2-5-16(8-10-4-3-6-18-10)11(17)9-19-12-7-15-13(14)20-12/h2-4,6-7H,1,5,8-9H2,(H2,14,15). The smallest absolute Gasteiger partial charge is 0.233 e. The number of hydrogen-bond acceptors (Lipinski definition) is 6. The number of aromatic nitrogens is 1. The Balaban J connectivity index is 1.91. The van der Waals surface area contributed by atoms with E-state index in [-0.39, 0.29) is 5.91 Å². The first-order valence-electron chi connectivity index (χ1n) is 5.94. The Hall–Kier alpha value is -1.31. The molecule has 0 spiro atoms. The zero-order chi connectivity index (χ0) is 14.4. The van der Waals surface area contributed by atoms with Gasteiger partial charge in [-0.25, -0.2) is 4.98 Å². The Labute approximate surface area is 130 Å². The van der Waals surface area contributed by atoms with Gasteiger partial charge in [-0.3, -0.25) is 4.79 Å². The predicted octanol–water partition coefficient (Wildman–Crippen LogP) is 3.09. The number of hydrogen-bond donors (Lipinski definition) is 1. The number of thioether (sulfide) groups is 1. The molecule has 2 rings (SSSR count). The topological polar surface area (TPSA) is 59.2 Å². The number of nitrogen functional groups attached to an aromatic ring is 1. The number of carbonyl (C=O) groups excluding carboxylic acids is 1. The van der Waals surface area contributed by atoms with Crippen LogP contribution in [0.15, 0.2) is 40.6 Å². The summed E-state index contributed by atoms with van der Waals surface area (Å²) in [6.07, 6.45) is 3.45. The number of rotatable bonds is 7. The van der Waals surface area contributed by atoms with Crippen molar-refractivity contribution in [2.45, 2.75) is 10.8 Å². The maximum Gasteiger partial charge on any atom is 0.233 e. The minimum absolute atomic E-state index is 0.0928. The molecule has 2 N–H and O–H groups in total. The van der Waals surface area contributed by atoms with E-state index in [1.54, 1.807) is 28.5 Å². The summed E-state index contributed by atoms with van der Waals surface area (Å²) in [5, 5.41) is 2.54. The molecule has 0 fully saturated rings. The van der Waals surface area contributed by atoms with E-state index < -0.39 is 0 Å². The molecule has 20 heavy (non-hydrogen) atoms. The Morgan fingerprint density at radius 1 is 1.60 bits per heavy atom. The summed E-state index contributed by atoms with van der Waals surface area (Å²) in [6, 6.07) is 4.02. The number of nitrogens with zero attached hydrogens (tertiary/aromatic N) is 2. The third kappa shape index (κ3) is 4.36. The summed E-state index contributed by atoms with van der Waals surface area (Å²) in [7, 11) is 0. The summed E-state index contributed by atoms with van der Waals surface area (Å²) in [5.74, 6) is 0.483. The summed E-state index contributed by atoms with van der Waals surface area (Å²) in [6.45, 7) is 4.90. The van der Waals surface area contributed by atoms with E-state index in [0.29, 0.717) is 24.0 Å². The van der Waals surface area contributed by atoms with Gasteiger partial charge in [-0.15, -0.1) is 29.7 Å². The Morgan fingerprint density at radius 2 is 2.45 bits per heavy atom. The van der Waals surface area contributed by atoms with Crippen LogP contribution in [-0.2, 0) is 11.3 Å². The highest BCUT2D eigenvalue weighted by Gasteiger charge is 2.14. The van der Waals surface area contributed by atoms with Crippen molar-refractivity contribution in [3.05, 3.63) is 41.2 Å². The molecular formula is C13H15N3OS3. The van der Waals surface area contributed by atoms with Crippen LogP contribution in [0.1, 0.15) is 4.88 Å². The van der Waals surface area contributed by atoms with E-state index in [1.165, 1.54) is 28.0 Å². The highest BCUT2D eigenvalue weighted by molar-refractivity contribution is 8.01. The monoisotopic (exact) mass is 325 g/mol. The van der Waals surface area contributed by atoms with Crippen molar-refractivity contribution in [2.75, 3.05) is 18.0 Å². The lowest BCUT2D eigenvalue weighted by Crippen LogP contribution is -2.31. The number of anilines is 1. The summed E-state index contributed by atoms with van der Waals surface area (Å²) in [5.41, 5.74) is 5.57. The van der Waals surface area contributed by atoms with Gasteiger partial charge >= 0.3 is 0 Å².